The van der Waals surface area contributed by atoms with Gasteiger partial charge in [-0.1, -0.05) is 42.1 Å². The van der Waals surface area contributed by atoms with Gasteiger partial charge >= 0.3 is 5.97 Å². The number of hydrogen-bond donors (Lipinski definition) is 1. The average Bonchev–Trinajstić information content (AvgIpc) is 3.23. The van der Waals surface area contributed by atoms with Gasteiger partial charge in [-0.15, -0.1) is 21.5 Å². The molecule has 0 atom stereocenters. The number of rotatable bonds is 7. The van der Waals surface area contributed by atoms with Gasteiger partial charge in [0.05, 0.1) is 17.9 Å². The first-order chi connectivity index (χ1) is 13.5. The van der Waals surface area contributed by atoms with Crippen LogP contribution in [0.25, 0.3) is 10.4 Å². The van der Waals surface area contributed by atoms with Crippen molar-refractivity contribution in [2.45, 2.75) is 19.0 Å². The molecule has 0 aliphatic rings. The van der Waals surface area contributed by atoms with E-state index in [9.17, 15) is 9.59 Å². The molecule has 0 bridgehead atoms. The van der Waals surface area contributed by atoms with Crippen molar-refractivity contribution in [1.29, 1.82) is 0 Å². The van der Waals surface area contributed by atoms with Crippen LogP contribution < -0.4 is 5.32 Å². The number of nitrogens with one attached hydrogen (secondary N) is 1. The fraction of sp³-hybridized carbons (Fsp3) is 0.263. The van der Waals surface area contributed by atoms with Gasteiger partial charge in [-0.05, 0) is 25.0 Å². The zero-order chi connectivity index (χ0) is 20.1. The Bertz CT molecular complexity index is 982. The Morgan fingerprint density at radius 1 is 1.29 bits per heavy atom. The third kappa shape index (κ3) is 4.42. The Hall–Kier alpha value is -2.65. The van der Waals surface area contributed by atoms with Crippen molar-refractivity contribution >= 4 is 40.0 Å². The van der Waals surface area contributed by atoms with Crippen LogP contribution in [0, 0.1) is 6.92 Å². The van der Waals surface area contributed by atoms with Gasteiger partial charge in [-0.25, -0.2) is 4.79 Å². The molecule has 9 heteroatoms. The number of thiophene rings is 1. The molecule has 3 rings (SSSR count). The molecule has 0 spiro atoms. The SMILES string of the molecule is CCOC(=O)c1c(NC(=O)CSc2nncn2C)sc(-c2ccccc2)c1C. The van der Waals surface area contributed by atoms with Crippen LogP contribution in [0.4, 0.5) is 5.00 Å². The maximum Gasteiger partial charge on any atom is 0.341 e. The van der Waals surface area contributed by atoms with Crippen LogP contribution in [-0.2, 0) is 16.6 Å². The highest BCUT2D eigenvalue weighted by Crippen LogP contribution is 2.40. The van der Waals surface area contributed by atoms with Crippen molar-refractivity contribution in [2.75, 3.05) is 17.7 Å². The Labute approximate surface area is 171 Å². The molecule has 1 N–H and O–H groups in total. The monoisotopic (exact) mass is 416 g/mol. The number of aromatic nitrogens is 3. The molecule has 28 heavy (non-hydrogen) atoms. The molecule has 0 aliphatic heterocycles. The number of hydrogen-bond acceptors (Lipinski definition) is 7. The van der Waals surface area contributed by atoms with Crippen molar-refractivity contribution in [3.8, 4) is 10.4 Å². The predicted octanol–water partition coefficient (Wildman–Crippen LogP) is 3.76. The van der Waals surface area contributed by atoms with Crippen LogP contribution in [-0.4, -0.2) is 39.0 Å². The minimum absolute atomic E-state index is 0.159. The lowest BCUT2D eigenvalue weighted by molar-refractivity contribution is -0.113. The number of carbonyl (C=O) groups excluding carboxylic acids is 2. The number of amides is 1. The Balaban J connectivity index is 1.85. The first kappa shape index (κ1) is 20.1. The van der Waals surface area contributed by atoms with E-state index in [1.54, 1.807) is 17.8 Å². The zero-order valence-corrected chi connectivity index (χ0v) is 17.4. The van der Waals surface area contributed by atoms with E-state index in [1.807, 2.05) is 44.3 Å². The summed E-state index contributed by atoms with van der Waals surface area (Å²) in [6.45, 7) is 3.90. The van der Waals surface area contributed by atoms with E-state index in [4.69, 9.17) is 4.74 Å². The number of esters is 1. The summed E-state index contributed by atoms with van der Waals surface area (Å²) in [5, 5.41) is 11.7. The van der Waals surface area contributed by atoms with Crippen LogP contribution >= 0.6 is 23.1 Å². The molecule has 146 valence electrons. The number of benzene rings is 1. The summed E-state index contributed by atoms with van der Waals surface area (Å²) in [5.41, 5.74) is 2.19. The molecule has 0 saturated heterocycles. The molecule has 3 aromatic rings. The molecule has 2 heterocycles. The number of thioether (sulfide) groups is 1. The highest BCUT2D eigenvalue weighted by Gasteiger charge is 2.24. The Morgan fingerprint density at radius 3 is 2.68 bits per heavy atom. The first-order valence-electron chi connectivity index (χ1n) is 8.63. The molecule has 0 unspecified atom stereocenters. The van der Waals surface area contributed by atoms with E-state index in [-0.39, 0.29) is 18.3 Å². The molecular weight excluding hydrogens is 396 g/mol. The third-order valence-corrected chi connectivity index (χ3v) is 6.21. The molecule has 2 aromatic heterocycles. The summed E-state index contributed by atoms with van der Waals surface area (Å²) in [6, 6.07) is 9.76. The summed E-state index contributed by atoms with van der Waals surface area (Å²) in [5.74, 6) is -0.499. The second-order valence-electron chi connectivity index (χ2n) is 5.91. The minimum atomic E-state index is -0.435. The predicted molar refractivity (Wildman–Crippen MR) is 111 cm³/mol. The summed E-state index contributed by atoms with van der Waals surface area (Å²) in [7, 11) is 1.81. The quantitative estimate of drug-likeness (QED) is 0.466. The van der Waals surface area contributed by atoms with Gasteiger partial charge in [-0.3, -0.25) is 4.79 Å². The smallest absolute Gasteiger partial charge is 0.341 e. The van der Waals surface area contributed by atoms with Crippen LogP contribution in [0.1, 0.15) is 22.8 Å². The van der Waals surface area contributed by atoms with E-state index in [2.05, 4.69) is 15.5 Å². The molecular formula is C19H20N4O3S2. The Morgan fingerprint density at radius 2 is 2.04 bits per heavy atom. The van der Waals surface area contributed by atoms with Gasteiger partial charge < -0.3 is 14.6 Å². The summed E-state index contributed by atoms with van der Waals surface area (Å²) >= 11 is 2.65. The first-order valence-corrected chi connectivity index (χ1v) is 10.4. The number of aryl methyl sites for hydroxylation is 1. The molecule has 0 radical (unpaired) electrons. The number of ether oxygens (including phenoxy) is 1. The summed E-state index contributed by atoms with van der Waals surface area (Å²) in [4.78, 5) is 25.9. The van der Waals surface area contributed by atoms with Crippen molar-refractivity contribution in [2.24, 2.45) is 7.05 Å². The lowest BCUT2D eigenvalue weighted by Crippen LogP contribution is -2.16. The van der Waals surface area contributed by atoms with Gasteiger partial charge in [0.25, 0.3) is 0 Å². The molecule has 7 nitrogen and oxygen atoms in total. The van der Waals surface area contributed by atoms with Gasteiger partial charge in [0.2, 0.25) is 5.91 Å². The van der Waals surface area contributed by atoms with Crippen LogP contribution in [0.15, 0.2) is 41.8 Å². The molecule has 0 aliphatic carbocycles. The van der Waals surface area contributed by atoms with Gasteiger partial charge in [-0.2, -0.15) is 0 Å². The highest BCUT2D eigenvalue weighted by atomic mass is 32.2. The fourth-order valence-electron chi connectivity index (χ4n) is 2.61. The second kappa shape index (κ2) is 9.03. The van der Waals surface area contributed by atoms with Crippen molar-refractivity contribution < 1.29 is 14.3 Å². The minimum Gasteiger partial charge on any atom is -0.462 e. The second-order valence-corrected chi connectivity index (χ2v) is 7.87. The third-order valence-electron chi connectivity index (χ3n) is 3.92. The van der Waals surface area contributed by atoms with Gasteiger partial charge in [0.15, 0.2) is 5.16 Å². The van der Waals surface area contributed by atoms with Crippen molar-refractivity contribution in [3.05, 3.63) is 47.8 Å². The van der Waals surface area contributed by atoms with Crippen molar-refractivity contribution in [3.63, 3.8) is 0 Å². The van der Waals surface area contributed by atoms with Crippen LogP contribution in [0.2, 0.25) is 0 Å². The molecule has 1 amide bonds. The highest BCUT2D eigenvalue weighted by molar-refractivity contribution is 7.99. The van der Waals surface area contributed by atoms with Crippen LogP contribution in [0.5, 0.6) is 0 Å². The molecule has 1 aromatic carbocycles. The maximum atomic E-state index is 12.5. The lowest BCUT2D eigenvalue weighted by Gasteiger charge is -2.07. The normalized spacial score (nSPS) is 10.7. The summed E-state index contributed by atoms with van der Waals surface area (Å²) in [6.07, 6.45) is 1.58. The van der Waals surface area contributed by atoms with E-state index >= 15 is 0 Å². The van der Waals surface area contributed by atoms with E-state index < -0.39 is 5.97 Å². The zero-order valence-electron chi connectivity index (χ0n) is 15.8. The van der Waals surface area contributed by atoms with E-state index in [0.29, 0.717) is 15.7 Å². The number of anilines is 1. The standard InChI is InChI=1S/C19H20N4O3S2/c1-4-26-18(25)15-12(2)16(13-8-6-5-7-9-13)28-17(15)21-14(24)10-27-19-22-20-11-23(19)3/h5-9,11H,4,10H2,1-3H3,(H,21,24). The van der Waals surface area contributed by atoms with Crippen molar-refractivity contribution in [1.82, 2.24) is 14.8 Å². The largest absolute Gasteiger partial charge is 0.462 e. The number of carbonyl (C=O) groups is 2. The molecule has 0 fully saturated rings. The summed E-state index contributed by atoms with van der Waals surface area (Å²) < 4.78 is 6.95. The lowest BCUT2D eigenvalue weighted by atomic mass is 10.1. The average molecular weight is 417 g/mol. The molecule has 0 saturated carbocycles. The Kier molecular flexibility index (Phi) is 6.48. The maximum absolute atomic E-state index is 12.5. The van der Waals surface area contributed by atoms with E-state index in [0.717, 1.165) is 16.0 Å². The van der Waals surface area contributed by atoms with Crippen LogP contribution in [0.3, 0.4) is 0 Å². The fourth-order valence-corrected chi connectivity index (χ4v) is 4.52. The van der Waals surface area contributed by atoms with E-state index in [1.165, 1.54) is 23.1 Å². The van der Waals surface area contributed by atoms with Gasteiger partial charge in [0, 0.05) is 11.9 Å². The van der Waals surface area contributed by atoms with Gasteiger partial charge in [0.1, 0.15) is 11.3 Å². The topological polar surface area (TPSA) is 86.1 Å². The number of nitrogens with zero attached hydrogens (tertiary/aromatic N) is 3.